The van der Waals surface area contributed by atoms with Crippen molar-refractivity contribution in [3.8, 4) is 0 Å². The van der Waals surface area contributed by atoms with Crippen molar-refractivity contribution >= 4 is 17.5 Å². The minimum Gasteiger partial charge on any atom is -0.339 e. The number of nitrogens with one attached hydrogen (secondary N) is 1. The molecule has 1 atom stereocenters. The highest BCUT2D eigenvalue weighted by Crippen LogP contribution is 2.19. The number of carbonyl (C=O) groups excluding carboxylic acids is 1. The topological polar surface area (TPSA) is 58.1 Å². The van der Waals surface area contributed by atoms with Crippen molar-refractivity contribution in [3.05, 3.63) is 23.2 Å². The van der Waals surface area contributed by atoms with Gasteiger partial charge in [0, 0.05) is 12.1 Å². The highest BCUT2D eigenvalue weighted by atomic mass is 35.5. The molecule has 9 heteroatoms. The van der Waals surface area contributed by atoms with Crippen LogP contribution in [0.4, 0.5) is 13.2 Å². The Balaban J connectivity index is 0.000000547. The van der Waals surface area contributed by atoms with Crippen LogP contribution in [0.15, 0.2) is 12.4 Å². The number of nitrogens with zero attached hydrogens (tertiary/aromatic N) is 3. The van der Waals surface area contributed by atoms with Gasteiger partial charge in [-0.25, -0.2) is 9.97 Å². The second-order valence-corrected chi connectivity index (χ2v) is 6.37. The first-order valence-corrected chi connectivity index (χ1v) is 8.38. The van der Waals surface area contributed by atoms with Crippen LogP contribution >= 0.6 is 11.6 Å². The Bertz CT molecular complexity index is 513. The third-order valence-electron chi connectivity index (χ3n) is 3.38. The van der Waals surface area contributed by atoms with Crippen LogP contribution in [0.5, 0.6) is 0 Å². The van der Waals surface area contributed by atoms with Gasteiger partial charge in [-0.15, -0.1) is 0 Å². The molecule has 0 bridgehead atoms. The van der Waals surface area contributed by atoms with Crippen LogP contribution in [0.2, 0.25) is 5.15 Å². The van der Waals surface area contributed by atoms with Gasteiger partial charge in [0.25, 0.3) is 5.91 Å². The summed E-state index contributed by atoms with van der Waals surface area (Å²) in [6.45, 7) is 13.2. The number of carbonyl (C=O) groups is 1. The molecule has 1 amide bonds. The zero-order chi connectivity index (χ0) is 19.8. The average molecular weight is 383 g/mol. The number of alkyl halides is 3. The van der Waals surface area contributed by atoms with Crippen LogP contribution in [-0.2, 0) is 0 Å². The van der Waals surface area contributed by atoms with Gasteiger partial charge in [-0.3, -0.25) is 9.69 Å². The molecule has 0 aromatic carbocycles. The first-order chi connectivity index (χ1) is 11.4. The molecule has 5 nitrogen and oxygen atoms in total. The van der Waals surface area contributed by atoms with Gasteiger partial charge in [0.2, 0.25) is 0 Å². The lowest BCUT2D eigenvalue weighted by atomic mass is 10.2. The minimum absolute atomic E-state index is 0.0559. The maximum absolute atomic E-state index is 12.1. The molecular formula is C16H26ClF3N4O. The summed E-state index contributed by atoms with van der Waals surface area (Å²) < 4.78 is 36.4. The van der Waals surface area contributed by atoms with E-state index in [1.54, 1.807) is 5.32 Å². The highest BCUT2D eigenvalue weighted by Gasteiger charge is 2.37. The molecule has 0 fully saturated rings. The fourth-order valence-electron chi connectivity index (χ4n) is 2.11. The van der Waals surface area contributed by atoms with Gasteiger partial charge < -0.3 is 5.32 Å². The van der Waals surface area contributed by atoms with Crippen LogP contribution in [0.3, 0.4) is 0 Å². The van der Waals surface area contributed by atoms with Crippen LogP contribution in [0, 0.1) is 0 Å². The predicted octanol–water partition coefficient (Wildman–Crippen LogP) is 3.94. The Morgan fingerprint density at radius 1 is 1.16 bits per heavy atom. The molecule has 1 rings (SSSR count). The summed E-state index contributed by atoms with van der Waals surface area (Å²) in [5.41, 5.74) is -0.222. The van der Waals surface area contributed by atoms with Crippen molar-refractivity contribution in [2.24, 2.45) is 0 Å². The second-order valence-electron chi connectivity index (χ2n) is 5.98. The Hall–Kier alpha value is -1.41. The van der Waals surface area contributed by atoms with E-state index in [9.17, 15) is 18.0 Å². The SMILES string of the molecule is CCN(C(C)C)C(C)C.C[C@@H](NC(=O)c1cnc(Cl)cn1)C(F)(F)F. The predicted molar refractivity (Wildman–Crippen MR) is 92.7 cm³/mol. The summed E-state index contributed by atoms with van der Waals surface area (Å²) in [6, 6.07) is -0.567. The summed E-state index contributed by atoms with van der Waals surface area (Å²) in [5, 5.41) is 1.80. The van der Waals surface area contributed by atoms with E-state index < -0.39 is 18.1 Å². The molecule has 0 unspecified atom stereocenters. The molecule has 1 heterocycles. The molecule has 0 aliphatic carbocycles. The van der Waals surface area contributed by atoms with E-state index in [2.05, 4.69) is 49.5 Å². The smallest absolute Gasteiger partial charge is 0.339 e. The van der Waals surface area contributed by atoms with Crippen LogP contribution in [0.1, 0.15) is 52.0 Å². The molecule has 25 heavy (non-hydrogen) atoms. The van der Waals surface area contributed by atoms with Gasteiger partial charge in [0.1, 0.15) is 16.9 Å². The standard InChI is InChI=1S/C8H7ClF3N3O.C8H19N/c1-4(8(10,11)12)15-7(16)5-2-14-6(9)3-13-5;1-6-9(7(2)3)8(4)5/h2-4H,1H3,(H,15,16);7-8H,6H2,1-5H3/t4-;/m1./s1. The molecule has 0 spiro atoms. The molecule has 0 aliphatic rings. The molecule has 144 valence electrons. The Labute approximate surface area is 152 Å². The summed E-state index contributed by atoms with van der Waals surface area (Å²) in [5.74, 6) is -0.950. The largest absolute Gasteiger partial charge is 0.408 e. The maximum atomic E-state index is 12.1. The second kappa shape index (κ2) is 10.6. The number of hydrogen-bond donors (Lipinski definition) is 1. The first kappa shape index (κ1) is 23.6. The third kappa shape index (κ3) is 9.02. The highest BCUT2D eigenvalue weighted by molar-refractivity contribution is 6.29. The third-order valence-corrected chi connectivity index (χ3v) is 3.58. The fourth-order valence-corrected chi connectivity index (χ4v) is 2.21. The summed E-state index contributed by atoms with van der Waals surface area (Å²) in [7, 11) is 0. The van der Waals surface area contributed by atoms with Crippen LogP contribution in [-0.4, -0.2) is 51.6 Å². The average Bonchev–Trinajstić information content (AvgIpc) is 2.47. The molecule has 1 N–H and O–H groups in total. The lowest BCUT2D eigenvalue weighted by molar-refractivity contribution is -0.149. The lowest BCUT2D eigenvalue weighted by Gasteiger charge is -2.28. The number of hydrogen-bond acceptors (Lipinski definition) is 4. The fraction of sp³-hybridized carbons (Fsp3) is 0.688. The number of rotatable bonds is 5. The van der Waals surface area contributed by atoms with E-state index in [0.29, 0.717) is 12.1 Å². The summed E-state index contributed by atoms with van der Waals surface area (Å²) in [4.78, 5) is 20.8. The van der Waals surface area contributed by atoms with E-state index in [1.807, 2.05) is 0 Å². The van der Waals surface area contributed by atoms with Gasteiger partial charge in [-0.2, -0.15) is 13.2 Å². The van der Waals surface area contributed by atoms with Crippen molar-refractivity contribution in [1.82, 2.24) is 20.2 Å². The molecule has 0 aliphatic heterocycles. The van der Waals surface area contributed by atoms with Crippen LogP contribution < -0.4 is 5.32 Å². The van der Waals surface area contributed by atoms with Gasteiger partial charge in [-0.1, -0.05) is 18.5 Å². The summed E-state index contributed by atoms with van der Waals surface area (Å²) >= 11 is 5.41. The molecule has 0 radical (unpaired) electrons. The maximum Gasteiger partial charge on any atom is 0.408 e. The van der Waals surface area contributed by atoms with E-state index >= 15 is 0 Å². The number of amides is 1. The summed E-state index contributed by atoms with van der Waals surface area (Å²) in [6.07, 6.45) is -2.41. The van der Waals surface area contributed by atoms with Crippen molar-refractivity contribution in [2.45, 2.75) is 65.8 Å². The Kier molecular flexibility index (Phi) is 9.96. The van der Waals surface area contributed by atoms with Crippen molar-refractivity contribution in [1.29, 1.82) is 0 Å². The number of halogens is 4. The van der Waals surface area contributed by atoms with Crippen molar-refractivity contribution in [3.63, 3.8) is 0 Å². The van der Waals surface area contributed by atoms with Gasteiger partial charge in [0.15, 0.2) is 0 Å². The zero-order valence-corrected chi connectivity index (χ0v) is 16.1. The minimum atomic E-state index is -4.49. The van der Waals surface area contributed by atoms with Crippen LogP contribution in [0.25, 0.3) is 0 Å². The molecule has 1 aromatic heterocycles. The number of aromatic nitrogens is 2. The normalized spacial score (nSPS) is 12.8. The van der Waals surface area contributed by atoms with E-state index in [4.69, 9.17) is 11.6 Å². The quantitative estimate of drug-likeness (QED) is 0.838. The van der Waals surface area contributed by atoms with Gasteiger partial charge in [-0.05, 0) is 41.2 Å². The first-order valence-electron chi connectivity index (χ1n) is 8.00. The molecule has 1 aromatic rings. The lowest BCUT2D eigenvalue weighted by Crippen LogP contribution is -2.43. The molecular weight excluding hydrogens is 357 g/mol. The molecule has 0 saturated heterocycles. The van der Waals surface area contributed by atoms with Gasteiger partial charge in [0.05, 0.1) is 12.4 Å². The monoisotopic (exact) mass is 382 g/mol. The zero-order valence-electron chi connectivity index (χ0n) is 15.4. The van der Waals surface area contributed by atoms with Gasteiger partial charge >= 0.3 is 6.18 Å². The Morgan fingerprint density at radius 2 is 1.68 bits per heavy atom. The Morgan fingerprint density at radius 3 is 1.96 bits per heavy atom. The van der Waals surface area contributed by atoms with E-state index in [1.165, 1.54) is 0 Å². The molecule has 0 saturated carbocycles. The van der Waals surface area contributed by atoms with E-state index in [-0.39, 0.29) is 10.8 Å². The van der Waals surface area contributed by atoms with Crippen molar-refractivity contribution < 1.29 is 18.0 Å². The van der Waals surface area contributed by atoms with E-state index in [0.717, 1.165) is 25.9 Å². The van der Waals surface area contributed by atoms with Crippen molar-refractivity contribution in [2.75, 3.05) is 6.54 Å².